The van der Waals surface area contributed by atoms with Gasteiger partial charge in [0.15, 0.2) is 5.78 Å². The van der Waals surface area contributed by atoms with E-state index in [-0.39, 0.29) is 41.1 Å². The standard InChI is InChI=1S/C28H39FN2O4/c1-35-28(34)22-12-11-21(24(29)15-22)16-25(32)26-23(19-5-3-2-4-6-19)13-14-31(26)27(33)20-9-7-18(17-30)8-10-20/h11-12,15,18-20,23,26H,2-10,13-14,16-17,30H2,1H3/t18?,20?,23-,26-/m0/s1. The van der Waals surface area contributed by atoms with Crippen molar-refractivity contribution in [2.24, 2.45) is 29.4 Å². The monoisotopic (exact) mass is 486 g/mol. The van der Waals surface area contributed by atoms with Crippen LogP contribution in [0.5, 0.6) is 0 Å². The molecule has 6 nitrogen and oxygen atoms in total. The molecule has 2 saturated carbocycles. The van der Waals surface area contributed by atoms with Crippen molar-refractivity contribution in [3.63, 3.8) is 0 Å². The molecular weight excluding hydrogens is 447 g/mol. The molecule has 0 unspecified atom stereocenters. The van der Waals surface area contributed by atoms with Gasteiger partial charge in [-0.2, -0.15) is 0 Å². The smallest absolute Gasteiger partial charge is 0.337 e. The van der Waals surface area contributed by atoms with Crippen LogP contribution >= 0.6 is 0 Å². The van der Waals surface area contributed by atoms with Gasteiger partial charge >= 0.3 is 5.97 Å². The van der Waals surface area contributed by atoms with Crippen molar-refractivity contribution in [3.05, 3.63) is 35.1 Å². The first-order valence-corrected chi connectivity index (χ1v) is 13.3. The number of carbonyl (C=O) groups excluding carboxylic acids is 3. The first-order valence-electron chi connectivity index (χ1n) is 13.3. The first-order chi connectivity index (χ1) is 16.9. The Hall–Kier alpha value is -2.28. The Morgan fingerprint density at radius 3 is 2.37 bits per heavy atom. The number of amides is 1. The Kier molecular flexibility index (Phi) is 8.58. The average Bonchev–Trinajstić information content (AvgIpc) is 3.35. The van der Waals surface area contributed by atoms with Gasteiger partial charge in [-0.1, -0.05) is 38.2 Å². The zero-order valence-electron chi connectivity index (χ0n) is 20.8. The second kappa shape index (κ2) is 11.6. The van der Waals surface area contributed by atoms with Gasteiger partial charge in [-0.25, -0.2) is 9.18 Å². The van der Waals surface area contributed by atoms with Crippen LogP contribution in [0.2, 0.25) is 0 Å². The third kappa shape index (κ3) is 5.76. The summed E-state index contributed by atoms with van der Waals surface area (Å²) in [6.07, 6.45) is 10.1. The highest BCUT2D eigenvalue weighted by Gasteiger charge is 2.46. The molecule has 1 aromatic carbocycles. The molecular formula is C28H39FN2O4. The Labute approximate surface area is 207 Å². The number of benzene rings is 1. The molecule has 1 amide bonds. The van der Waals surface area contributed by atoms with Crippen molar-refractivity contribution < 1.29 is 23.5 Å². The van der Waals surface area contributed by atoms with Crippen LogP contribution in [0.25, 0.3) is 0 Å². The molecule has 3 fully saturated rings. The minimum atomic E-state index is -0.615. The number of Topliss-reactive ketones (excluding diaryl/α,β-unsaturated/α-hetero) is 1. The molecule has 7 heteroatoms. The fraction of sp³-hybridized carbons (Fsp3) is 0.679. The molecule has 0 bridgehead atoms. The second-order valence-electron chi connectivity index (χ2n) is 10.7. The Bertz CT molecular complexity index is 922. The Balaban J connectivity index is 1.53. The summed E-state index contributed by atoms with van der Waals surface area (Å²) in [4.78, 5) is 40.9. The van der Waals surface area contributed by atoms with E-state index in [4.69, 9.17) is 5.73 Å². The van der Waals surface area contributed by atoms with Gasteiger partial charge in [0, 0.05) is 18.9 Å². The van der Waals surface area contributed by atoms with Crippen LogP contribution in [-0.2, 0) is 20.7 Å². The molecule has 1 saturated heterocycles. The zero-order valence-corrected chi connectivity index (χ0v) is 20.8. The van der Waals surface area contributed by atoms with E-state index in [2.05, 4.69) is 4.74 Å². The van der Waals surface area contributed by atoms with Crippen molar-refractivity contribution in [2.75, 3.05) is 20.2 Å². The summed E-state index contributed by atoms with van der Waals surface area (Å²) in [7, 11) is 1.25. The molecule has 3 aliphatic rings. The van der Waals surface area contributed by atoms with Crippen molar-refractivity contribution in [3.8, 4) is 0 Å². The molecule has 1 heterocycles. The highest BCUT2D eigenvalue weighted by Crippen LogP contribution is 2.41. The van der Waals surface area contributed by atoms with Crippen LogP contribution in [0.4, 0.5) is 4.39 Å². The molecule has 35 heavy (non-hydrogen) atoms. The topological polar surface area (TPSA) is 89.7 Å². The highest BCUT2D eigenvalue weighted by molar-refractivity contribution is 5.93. The minimum Gasteiger partial charge on any atom is -0.465 e. The predicted octanol–water partition coefficient (Wildman–Crippen LogP) is 4.29. The lowest BCUT2D eigenvalue weighted by Gasteiger charge is -2.36. The quantitative estimate of drug-likeness (QED) is 0.581. The first kappa shape index (κ1) is 25.8. The number of methoxy groups -OCH3 is 1. The van der Waals surface area contributed by atoms with Crippen LogP contribution in [0, 0.1) is 29.5 Å². The van der Waals surface area contributed by atoms with Crippen LogP contribution in [-0.4, -0.2) is 48.8 Å². The molecule has 1 aliphatic heterocycles. The van der Waals surface area contributed by atoms with Crippen LogP contribution in [0.15, 0.2) is 18.2 Å². The number of esters is 1. The average molecular weight is 487 g/mol. The van der Waals surface area contributed by atoms with Gasteiger partial charge in [-0.15, -0.1) is 0 Å². The largest absolute Gasteiger partial charge is 0.465 e. The summed E-state index contributed by atoms with van der Waals surface area (Å²) in [6, 6.07) is 3.62. The van der Waals surface area contributed by atoms with E-state index in [0.717, 1.165) is 51.0 Å². The lowest BCUT2D eigenvalue weighted by molar-refractivity contribution is -0.143. The molecule has 1 aromatic rings. The summed E-state index contributed by atoms with van der Waals surface area (Å²) in [6.45, 7) is 1.27. The summed E-state index contributed by atoms with van der Waals surface area (Å²) < 4.78 is 19.5. The zero-order chi connectivity index (χ0) is 24.9. The van der Waals surface area contributed by atoms with Crippen molar-refractivity contribution in [1.29, 1.82) is 0 Å². The van der Waals surface area contributed by atoms with Gasteiger partial charge in [0.2, 0.25) is 5.91 Å². The van der Waals surface area contributed by atoms with Crippen LogP contribution in [0.1, 0.15) is 80.1 Å². The molecule has 192 valence electrons. The van der Waals surface area contributed by atoms with E-state index in [9.17, 15) is 18.8 Å². The second-order valence-corrected chi connectivity index (χ2v) is 10.7. The van der Waals surface area contributed by atoms with Crippen molar-refractivity contribution in [2.45, 2.75) is 76.7 Å². The Morgan fingerprint density at radius 2 is 1.74 bits per heavy atom. The molecule has 4 rings (SSSR count). The highest BCUT2D eigenvalue weighted by atomic mass is 19.1. The summed E-state index contributed by atoms with van der Waals surface area (Å²) >= 11 is 0. The van der Waals surface area contributed by atoms with E-state index in [1.54, 1.807) is 0 Å². The number of carbonyl (C=O) groups is 3. The Morgan fingerprint density at radius 1 is 1.03 bits per heavy atom. The van der Waals surface area contributed by atoms with Gasteiger partial charge < -0.3 is 15.4 Å². The number of likely N-dealkylation sites (tertiary alicyclic amines) is 1. The summed E-state index contributed by atoms with van der Waals surface area (Å²) in [5.74, 6) is -0.178. The maximum atomic E-state index is 14.8. The number of nitrogens with two attached hydrogens (primary N) is 1. The maximum absolute atomic E-state index is 14.8. The minimum absolute atomic E-state index is 0.0470. The van der Waals surface area contributed by atoms with Gasteiger partial charge in [0.1, 0.15) is 5.82 Å². The maximum Gasteiger partial charge on any atom is 0.337 e. The third-order valence-electron chi connectivity index (χ3n) is 8.68. The predicted molar refractivity (Wildman–Crippen MR) is 131 cm³/mol. The number of halogens is 1. The SMILES string of the molecule is COC(=O)c1ccc(CC(=O)[C@@H]2[C@H](C3CCCCC3)CCN2C(=O)C2CCC(CN)CC2)c(F)c1. The van der Waals surface area contributed by atoms with Crippen molar-refractivity contribution in [1.82, 2.24) is 4.90 Å². The van der Waals surface area contributed by atoms with E-state index < -0.39 is 17.8 Å². The lowest BCUT2D eigenvalue weighted by atomic mass is 9.75. The van der Waals surface area contributed by atoms with Crippen LogP contribution in [0.3, 0.4) is 0 Å². The van der Waals surface area contributed by atoms with Gasteiger partial charge in [0.05, 0.1) is 18.7 Å². The van der Waals surface area contributed by atoms with E-state index in [1.165, 1.54) is 38.5 Å². The molecule has 2 atom stereocenters. The molecule has 0 radical (unpaired) electrons. The molecule has 2 aliphatic carbocycles. The summed E-state index contributed by atoms with van der Waals surface area (Å²) in [5, 5.41) is 0. The molecule has 2 N–H and O–H groups in total. The fourth-order valence-corrected chi connectivity index (χ4v) is 6.64. The van der Waals surface area contributed by atoms with E-state index in [0.29, 0.717) is 24.9 Å². The molecule has 0 aromatic heterocycles. The lowest BCUT2D eigenvalue weighted by Crippen LogP contribution is -2.48. The van der Waals surface area contributed by atoms with E-state index >= 15 is 0 Å². The van der Waals surface area contributed by atoms with Crippen LogP contribution < -0.4 is 5.73 Å². The van der Waals surface area contributed by atoms with E-state index in [1.807, 2.05) is 4.90 Å². The fourth-order valence-electron chi connectivity index (χ4n) is 6.64. The number of ether oxygens (including phenoxy) is 1. The third-order valence-corrected chi connectivity index (χ3v) is 8.68. The number of nitrogens with zero attached hydrogens (tertiary/aromatic N) is 1. The number of hydrogen-bond acceptors (Lipinski definition) is 5. The number of rotatable bonds is 7. The normalized spacial score (nSPS) is 27.6. The summed E-state index contributed by atoms with van der Waals surface area (Å²) in [5.41, 5.74) is 6.21. The van der Waals surface area contributed by atoms with Gasteiger partial charge in [0.25, 0.3) is 0 Å². The number of hydrogen-bond donors (Lipinski definition) is 1. The van der Waals surface area contributed by atoms with Gasteiger partial charge in [-0.05, 0) is 74.1 Å². The number of ketones is 1. The van der Waals surface area contributed by atoms with Crippen molar-refractivity contribution >= 4 is 17.7 Å². The van der Waals surface area contributed by atoms with Gasteiger partial charge in [-0.3, -0.25) is 9.59 Å². The molecule has 0 spiro atoms.